The highest BCUT2D eigenvalue weighted by atomic mass is 16.6. The second-order valence-corrected chi connectivity index (χ2v) is 7.51. The number of esters is 1. The van der Waals surface area contributed by atoms with Crippen LogP contribution in [0.25, 0.3) is 0 Å². The molecule has 0 aromatic heterocycles. The summed E-state index contributed by atoms with van der Waals surface area (Å²) in [6.07, 6.45) is -2.05. The summed E-state index contributed by atoms with van der Waals surface area (Å²) in [6.45, 7) is 10.3. The van der Waals surface area contributed by atoms with Crippen LogP contribution in [0.1, 0.15) is 53.2 Å². The minimum atomic E-state index is -1.28. The van der Waals surface area contributed by atoms with E-state index in [-0.39, 0.29) is 0 Å². The van der Waals surface area contributed by atoms with Gasteiger partial charge in [0, 0.05) is 0 Å². The summed E-state index contributed by atoms with van der Waals surface area (Å²) in [6, 6.07) is 7.31. The molecule has 0 unspecified atom stereocenters. The highest BCUT2D eigenvalue weighted by molar-refractivity contribution is 5.82. The molecule has 0 radical (unpaired) electrons. The maximum Gasteiger partial charge on any atom is 0.408 e. The third-order valence-corrected chi connectivity index (χ3v) is 2.79. The van der Waals surface area contributed by atoms with Crippen molar-refractivity contribution in [3.05, 3.63) is 35.9 Å². The van der Waals surface area contributed by atoms with Gasteiger partial charge in [-0.15, -0.1) is 0 Å². The molecule has 2 atom stereocenters. The fourth-order valence-corrected chi connectivity index (χ4v) is 1.91. The van der Waals surface area contributed by atoms with E-state index in [2.05, 4.69) is 5.32 Å². The molecule has 0 bridgehead atoms. The molecule has 6 nitrogen and oxygen atoms in total. The first-order chi connectivity index (χ1) is 10.9. The molecule has 1 amide bonds. The lowest BCUT2D eigenvalue weighted by Crippen LogP contribution is -2.49. The van der Waals surface area contributed by atoms with Crippen molar-refractivity contribution < 1.29 is 24.2 Å². The number of benzene rings is 1. The Balaban J connectivity index is 2.99. The Bertz CT molecular complexity index is 557. The molecule has 1 aromatic rings. The third-order valence-electron chi connectivity index (χ3n) is 2.79. The maximum absolute atomic E-state index is 12.4. The Morgan fingerprint density at radius 3 is 1.92 bits per heavy atom. The van der Waals surface area contributed by atoms with Gasteiger partial charge in [-0.2, -0.15) is 0 Å². The van der Waals surface area contributed by atoms with Gasteiger partial charge >= 0.3 is 12.1 Å². The zero-order chi connectivity index (χ0) is 18.5. The molecule has 134 valence electrons. The molecule has 0 aliphatic heterocycles. The molecule has 1 rings (SSSR count). The SMILES string of the molecule is CC(C)(C)OC(=O)N[C@@H](C(=O)OC(C)(C)C)[C@H](O)c1ccccc1. The zero-order valence-corrected chi connectivity index (χ0v) is 15.1. The summed E-state index contributed by atoms with van der Waals surface area (Å²) in [5, 5.41) is 12.9. The number of aliphatic hydroxyl groups excluding tert-OH is 1. The van der Waals surface area contributed by atoms with E-state index in [0.717, 1.165) is 0 Å². The molecule has 0 fully saturated rings. The van der Waals surface area contributed by atoms with E-state index in [0.29, 0.717) is 5.56 Å². The molecule has 6 heteroatoms. The second-order valence-electron chi connectivity index (χ2n) is 7.51. The monoisotopic (exact) mass is 337 g/mol. The highest BCUT2D eigenvalue weighted by Gasteiger charge is 2.34. The zero-order valence-electron chi connectivity index (χ0n) is 15.1. The van der Waals surface area contributed by atoms with Crippen LogP contribution in [0.2, 0.25) is 0 Å². The fourth-order valence-electron chi connectivity index (χ4n) is 1.91. The smallest absolute Gasteiger partial charge is 0.408 e. The van der Waals surface area contributed by atoms with Crippen molar-refractivity contribution in [1.82, 2.24) is 5.32 Å². The number of carbonyl (C=O) groups excluding carboxylic acids is 2. The van der Waals surface area contributed by atoms with Crippen LogP contribution in [0.3, 0.4) is 0 Å². The van der Waals surface area contributed by atoms with Crippen molar-refractivity contribution in [3.63, 3.8) is 0 Å². The van der Waals surface area contributed by atoms with Crippen molar-refractivity contribution in [1.29, 1.82) is 0 Å². The normalized spacial score (nSPS) is 14.5. The molecule has 0 aliphatic rings. The third kappa shape index (κ3) is 7.00. The first kappa shape index (κ1) is 20.0. The Morgan fingerprint density at radius 1 is 0.958 bits per heavy atom. The first-order valence-electron chi connectivity index (χ1n) is 7.84. The number of ether oxygens (including phenoxy) is 2. The van der Waals surface area contributed by atoms with Crippen LogP contribution in [0.5, 0.6) is 0 Å². The van der Waals surface area contributed by atoms with Gasteiger partial charge in [0.05, 0.1) is 0 Å². The van der Waals surface area contributed by atoms with Crippen LogP contribution in [-0.4, -0.2) is 34.4 Å². The summed E-state index contributed by atoms with van der Waals surface area (Å²) < 4.78 is 10.5. The summed E-state index contributed by atoms with van der Waals surface area (Å²) in [7, 11) is 0. The number of alkyl carbamates (subject to hydrolysis) is 1. The Hall–Kier alpha value is -2.08. The molecular formula is C18H27NO5. The van der Waals surface area contributed by atoms with E-state index in [4.69, 9.17) is 9.47 Å². The van der Waals surface area contributed by atoms with Crippen LogP contribution in [0.15, 0.2) is 30.3 Å². The lowest BCUT2D eigenvalue weighted by Gasteiger charge is -2.28. The first-order valence-corrected chi connectivity index (χ1v) is 7.84. The number of nitrogens with one attached hydrogen (secondary N) is 1. The highest BCUT2D eigenvalue weighted by Crippen LogP contribution is 2.20. The minimum absolute atomic E-state index is 0.490. The number of hydrogen-bond acceptors (Lipinski definition) is 5. The Morgan fingerprint density at radius 2 is 1.46 bits per heavy atom. The average molecular weight is 337 g/mol. The predicted molar refractivity (Wildman–Crippen MR) is 90.4 cm³/mol. The van der Waals surface area contributed by atoms with E-state index in [9.17, 15) is 14.7 Å². The summed E-state index contributed by atoms with van der Waals surface area (Å²) in [5.41, 5.74) is -0.980. The van der Waals surface area contributed by atoms with Gasteiger partial charge in [-0.25, -0.2) is 9.59 Å². The van der Waals surface area contributed by atoms with Gasteiger partial charge in [0.1, 0.15) is 17.3 Å². The number of amides is 1. The van der Waals surface area contributed by atoms with E-state index in [1.807, 2.05) is 0 Å². The maximum atomic E-state index is 12.4. The summed E-state index contributed by atoms with van der Waals surface area (Å²) >= 11 is 0. The van der Waals surface area contributed by atoms with Crippen LogP contribution in [0, 0.1) is 0 Å². The topological polar surface area (TPSA) is 84.9 Å². The van der Waals surface area contributed by atoms with Crippen molar-refractivity contribution in [2.45, 2.75) is 64.9 Å². The Kier molecular flexibility index (Phi) is 6.37. The second kappa shape index (κ2) is 7.66. The predicted octanol–water partition coefficient (Wildman–Crippen LogP) is 2.96. The number of rotatable bonds is 4. The van der Waals surface area contributed by atoms with Crippen molar-refractivity contribution in [2.75, 3.05) is 0 Å². The molecule has 24 heavy (non-hydrogen) atoms. The van der Waals surface area contributed by atoms with Crippen LogP contribution >= 0.6 is 0 Å². The lowest BCUT2D eigenvalue weighted by molar-refractivity contribution is -0.160. The van der Waals surface area contributed by atoms with Crippen LogP contribution in [-0.2, 0) is 14.3 Å². The fraction of sp³-hybridized carbons (Fsp3) is 0.556. The van der Waals surface area contributed by atoms with Gasteiger partial charge in [0.2, 0.25) is 0 Å². The van der Waals surface area contributed by atoms with Crippen LogP contribution in [0.4, 0.5) is 4.79 Å². The molecule has 0 heterocycles. The van der Waals surface area contributed by atoms with E-state index in [1.54, 1.807) is 71.9 Å². The van der Waals surface area contributed by atoms with Crippen molar-refractivity contribution in [3.8, 4) is 0 Å². The van der Waals surface area contributed by atoms with Gasteiger partial charge < -0.3 is 19.9 Å². The standard InChI is InChI=1S/C18H27NO5/c1-17(2,3)23-15(21)13(19-16(22)24-18(4,5)6)14(20)12-10-8-7-9-11-12/h7-11,13-14,20H,1-6H3,(H,19,22)/t13-,14-/m1/s1. The van der Waals surface area contributed by atoms with E-state index < -0.39 is 35.4 Å². The number of aliphatic hydroxyl groups is 1. The minimum Gasteiger partial charge on any atom is -0.458 e. The molecule has 2 N–H and O–H groups in total. The molecule has 0 spiro atoms. The van der Waals surface area contributed by atoms with Gasteiger partial charge in [0.15, 0.2) is 6.04 Å². The molecule has 0 saturated heterocycles. The van der Waals surface area contributed by atoms with E-state index in [1.165, 1.54) is 0 Å². The quantitative estimate of drug-likeness (QED) is 0.825. The molecular weight excluding hydrogens is 310 g/mol. The largest absolute Gasteiger partial charge is 0.458 e. The number of hydrogen-bond donors (Lipinski definition) is 2. The lowest BCUT2D eigenvalue weighted by atomic mass is 10.0. The van der Waals surface area contributed by atoms with Gasteiger partial charge in [-0.05, 0) is 47.1 Å². The molecule has 1 aromatic carbocycles. The van der Waals surface area contributed by atoms with Gasteiger partial charge in [-0.3, -0.25) is 0 Å². The molecule has 0 aliphatic carbocycles. The number of carbonyl (C=O) groups is 2. The van der Waals surface area contributed by atoms with Crippen molar-refractivity contribution in [2.24, 2.45) is 0 Å². The molecule has 0 saturated carbocycles. The average Bonchev–Trinajstić information content (AvgIpc) is 2.41. The van der Waals surface area contributed by atoms with Crippen molar-refractivity contribution >= 4 is 12.1 Å². The van der Waals surface area contributed by atoms with Gasteiger partial charge in [-0.1, -0.05) is 30.3 Å². The van der Waals surface area contributed by atoms with Gasteiger partial charge in [0.25, 0.3) is 0 Å². The Labute approximate surface area is 143 Å². The van der Waals surface area contributed by atoms with E-state index >= 15 is 0 Å². The summed E-state index contributed by atoms with van der Waals surface area (Å²) in [5.74, 6) is -0.732. The summed E-state index contributed by atoms with van der Waals surface area (Å²) in [4.78, 5) is 24.4. The van der Waals surface area contributed by atoms with Crippen LogP contribution < -0.4 is 5.32 Å².